The zero-order chi connectivity index (χ0) is 21.4. The number of thioether (sulfide) groups is 1. The Hall–Kier alpha value is -3.79. The number of aromatic amines is 1. The van der Waals surface area contributed by atoms with Crippen LogP contribution in [0.2, 0.25) is 0 Å². The number of amides is 1. The van der Waals surface area contributed by atoms with Gasteiger partial charge in [-0.3, -0.25) is 9.78 Å². The molecule has 156 valence electrons. The minimum atomic E-state index is -0.408. The van der Waals surface area contributed by atoms with Crippen molar-refractivity contribution in [1.29, 1.82) is 0 Å². The van der Waals surface area contributed by atoms with E-state index in [1.165, 1.54) is 4.52 Å². The van der Waals surface area contributed by atoms with E-state index in [-0.39, 0.29) is 18.5 Å². The Morgan fingerprint density at radius 3 is 2.84 bits per heavy atom. The summed E-state index contributed by atoms with van der Waals surface area (Å²) in [7, 11) is 0. The number of rotatable bonds is 5. The van der Waals surface area contributed by atoms with Gasteiger partial charge in [-0.15, -0.1) is 0 Å². The lowest BCUT2D eigenvalue weighted by Gasteiger charge is -2.06. The van der Waals surface area contributed by atoms with E-state index in [2.05, 4.69) is 20.4 Å². The molecule has 2 N–H and O–H groups in total. The molecular weight excluding hydrogens is 418 g/mol. The molecule has 0 bridgehead atoms. The molecular formula is C21H17N5O4S. The lowest BCUT2D eigenvalue weighted by atomic mass is 10.1. The number of fused-ring (bicyclic) bond motifs is 2. The largest absolute Gasteiger partial charge is 0.454 e. The van der Waals surface area contributed by atoms with Crippen LogP contribution in [0.15, 0.2) is 58.5 Å². The summed E-state index contributed by atoms with van der Waals surface area (Å²) in [6.45, 7) is 2.01. The average Bonchev–Trinajstić information content (AvgIpc) is 3.36. The molecule has 5 rings (SSSR count). The Morgan fingerprint density at radius 1 is 1.19 bits per heavy atom. The fourth-order valence-electron chi connectivity index (χ4n) is 3.34. The first kappa shape index (κ1) is 19.2. The van der Waals surface area contributed by atoms with E-state index >= 15 is 0 Å². The van der Waals surface area contributed by atoms with Gasteiger partial charge in [-0.2, -0.15) is 9.61 Å². The summed E-state index contributed by atoms with van der Waals surface area (Å²) in [5.74, 6) is 1.07. The van der Waals surface area contributed by atoms with Crippen LogP contribution in [-0.4, -0.2) is 38.0 Å². The van der Waals surface area contributed by atoms with Crippen LogP contribution in [-0.2, 0) is 4.79 Å². The molecule has 1 amide bonds. The maximum atomic E-state index is 12.5. The van der Waals surface area contributed by atoms with Crippen LogP contribution < -0.4 is 20.5 Å². The number of carbonyl (C=O) groups excluding carboxylic acids is 1. The Kier molecular flexibility index (Phi) is 4.83. The Labute approximate surface area is 180 Å². The first-order valence-corrected chi connectivity index (χ1v) is 10.4. The summed E-state index contributed by atoms with van der Waals surface area (Å²) < 4.78 is 11.8. The summed E-state index contributed by atoms with van der Waals surface area (Å²) in [6, 6.07) is 14.8. The number of carbonyl (C=O) groups is 1. The van der Waals surface area contributed by atoms with Crippen LogP contribution in [0.5, 0.6) is 11.5 Å². The van der Waals surface area contributed by atoms with Gasteiger partial charge in [-0.1, -0.05) is 42.1 Å². The highest BCUT2D eigenvalue weighted by molar-refractivity contribution is 7.99. The number of aromatic nitrogens is 4. The minimum Gasteiger partial charge on any atom is -0.454 e. The van der Waals surface area contributed by atoms with Crippen LogP contribution in [0.3, 0.4) is 0 Å². The molecule has 0 atom stereocenters. The number of ether oxygens (including phenoxy) is 2. The van der Waals surface area contributed by atoms with Gasteiger partial charge in [0.15, 0.2) is 22.3 Å². The van der Waals surface area contributed by atoms with Crippen molar-refractivity contribution in [3.63, 3.8) is 0 Å². The van der Waals surface area contributed by atoms with Crippen molar-refractivity contribution in [2.75, 3.05) is 17.9 Å². The molecule has 0 radical (unpaired) electrons. The first-order valence-electron chi connectivity index (χ1n) is 9.46. The molecule has 1 aliphatic heterocycles. The molecule has 31 heavy (non-hydrogen) atoms. The van der Waals surface area contributed by atoms with Gasteiger partial charge in [0.2, 0.25) is 12.7 Å². The summed E-state index contributed by atoms with van der Waals surface area (Å²) in [5.41, 5.74) is 3.06. The van der Waals surface area contributed by atoms with Crippen LogP contribution in [0.25, 0.3) is 16.8 Å². The summed E-state index contributed by atoms with van der Waals surface area (Å²) in [4.78, 5) is 32.1. The molecule has 3 heterocycles. The highest BCUT2D eigenvalue weighted by Crippen LogP contribution is 2.34. The molecule has 2 aromatic heterocycles. The summed E-state index contributed by atoms with van der Waals surface area (Å²) >= 11 is 1.14. The molecule has 0 spiro atoms. The van der Waals surface area contributed by atoms with Crippen LogP contribution in [0.4, 0.5) is 5.69 Å². The third-order valence-electron chi connectivity index (χ3n) is 4.71. The number of nitrogens with one attached hydrogen (secondary N) is 2. The van der Waals surface area contributed by atoms with Crippen molar-refractivity contribution in [2.45, 2.75) is 12.1 Å². The Morgan fingerprint density at radius 2 is 2.00 bits per heavy atom. The molecule has 10 heteroatoms. The highest BCUT2D eigenvalue weighted by Gasteiger charge is 2.17. The normalized spacial score (nSPS) is 12.3. The number of benzene rings is 2. The zero-order valence-corrected chi connectivity index (χ0v) is 17.2. The van der Waals surface area contributed by atoms with Crippen molar-refractivity contribution >= 4 is 29.0 Å². The predicted molar refractivity (Wildman–Crippen MR) is 116 cm³/mol. The lowest BCUT2D eigenvalue weighted by molar-refractivity contribution is -0.113. The van der Waals surface area contributed by atoms with Crippen LogP contribution >= 0.6 is 11.8 Å². The molecule has 1 aliphatic rings. The molecule has 0 aliphatic carbocycles. The van der Waals surface area contributed by atoms with Crippen LogP contribution in [0.1, 0.15) is 5.69 Å². The SMILES string of the molecule is Cc1nn2c(=O)[nH]c(SCC(=O)Nc3ccc4c(c3)OCO4)nc2c1-c1ccccc1. The number of hydrogen-bond donors (Lipinski definition) is 2. The quantitative estimate of drug-likeness (QED) is 0.464. The number of nitrogens with zero attached hydrogens (tertiary/aromatic N) is 3. The third kappa shape index (κ3) is 3.73. The number of anilines is 1. The van der Waals surface area contributed by atoms with E-state index < -0.39 is 5.69 Å². The second kappa shape index (κ2) is 7.80. The topological polar surface area (TPSA) is 111 Å². The Bertz CT molecular complexity index is 1350. The minimum absolute atomic E-state index is 0.0708. The molecule has 0 saturated carbocycles. The van der Waals surface area contributed by atoms with E-state index in [9.17, 15) is 9.59 Å². The standard InChI is InChI=1S/C21H17N5O4S/c1-12-18(13-5-3-2-4-6-13)19-23-20(24-21(28)26(19)25-12)31-10-17(27)22-14-7-8-15-16(9-14)30-11-29-15/h2-9H,10-11H2,1H3,(H,22,27)(H,23,24,28). The zero-order valence-electron chi connectivity index (χ0n) is 16.4. The van der Waals surface area contributed by atoms with Gasteiger partial charge >= 0.3 is 5.69 Å². The van der Waals surface area contributed by atoms with Gasteiger partial charge < -0.3 is 14.8 Å². The van der Waals surface area contributed by atoms with Crippen molar-refractivity contribution in [3.05, 3.63) is 64.7 Å². The number of aryl methyl sites for hydroxylation is 1. The second-order valence-electron chi connectivity index (χ2n) is 6.81. The van der Waals surface area contributed by atoms with E-state index in [0.29, 0.717) is 33.7 Å². The van der Waals surface area contributed by atoms with E-state index in [0.717, 1.165) is 22.9 Å². The van der Waals surface area contributed by atoms with Crippen molar-refractivity contribution in [3.8, 4) is 22.6 Å². The third-order valence-corrected chi connectivity index (χ3v) is 5.58. The van der Waals surface area contributed by atoms with E-state index in [1.54, 1.807) is 18.2 Å². The lowest BCUT2D eigenvalue weighted by Crippen LogP contribution is -2.20. The van der Waals surface area contributed by atoms with Gasteiger partial charge in [-0.05, 0) is 24.6 Å². The number of H-pyrrole nitrogens is 1. The monoisotopic (exact) mass is 435 g/mol. The maximum Gasteiger partial charge on any atom is 0.350 e. The Balaban J connectivity index is 1.36. The summed E-state index contributed by atoms with van der Waals surface area (Å²) in [6.07, 6.45) is 0. The fraction of sp³-hybridized carbons (Fsp3) is 0.143. The highest BCUT2D eigenvalue weighted by atomic mass is 32.2. The predicted octanol–water partition coefficient (Wildman–Crippen LogP) is 2.85. The average molecular weight is 435 g/mol. The van der Waals surface area contributed by atoms with E-state index in [1.807, 2.05) is 37.3 Å². The first-order chi connectivity index (χ1) is 15.1. The van der Waals surface area contributed by atoms with Gasteiger partial charge in [0.05, 0.1) is 11.4 Å². The molecule has 2 aromatic carbocycles. The van der Waals surface area contributed by atoms with Crippen molar-refractivity contribution < 1.29 is 14.3 Å². The van der Waals surface area contributed by atoms with Gasteiger partial charge in [0, 0.05) is 17.3 Å². The molecule has 0 unspecified atom stereocenters. The maximum absolute atomic E-state index is 12.5. The van der Waals surface area contributed by atoms with Crippen molar-refractivity contribution in [2.24, 2.45) is 0 Å². The summed E-state index contributed by atoms with van der Waals surface area (Å²) in [5, 5.41) is 7.45. The molecule has 0 fully saturated rings. The molecule has 0 saturated heterocycles. The fourth-order valence-corrected chi connectivity index (χ4v) is 4.00. The smallest absolute Gasteiger partial charge is 0.350 e. The van der Waals surface area contributed by atoms with Crippen LogP contribution in [0, 0.1) is 6.92 Å². The molecule has 4 aromatic rings. The van der Waals surface area contributed by atoms with Crippen molar-refractivity contribution in [1.82, 2.24) is 19.6 Å². The number of hydrogen-bond acceptors (Lipinski definition) is 7. The molecule has 9 nitrogen and oxygen atoms in total. The van der Waals surface area contributed by atoms with Gasteiger partial charge in [0.25, 0.3) is 0 Å². The second-order valence-corrected chi connectivity index (χ2v) is 7.78. The van der Waals surface area contributed by atoms with E-state index in [4.69, 9.17) is 9.47 Å². The van der Waals surface area contributed by atoms with Gasteiger partial charge in [0.1, 0.15) is 0 Å². The van der Waals surface area contributed by atoms with Gasteiger partial charge in [-0.25, -0.2) is 9.78 Å².